The third kappa shape index (κ3) is 7.09. The summed E-state index contributed by atoms with van der Waals surface area (Å²) in [6.07, 6.45) is 0.391. The maximum absolute atomic E-state index is 13.5. The fourth-order valence-corrected chi connectivity index (χ4v) is 4.07. The highest BCUT2D eigenvalue weighted by atomic mass is 35.5. The second-order valence-electron chi connectivity index (χ2n) is 8.31. The van der Waals surface area contributed by atoms with Crippen LogP contribution in [0.4, 0.5) is 0 Å². The average molecular weight is 479 g/mol. The largest absolute Gasteiger partial charge is 0.483 e. The summed E-state index contributed by atoms with van der Waals surface area (Å²) in [7, 11) is 0. The van der Waals surface area contributed by atoms with Crippen molar-refractivity contribution in [2.75, 3.05) is 13.2 Å². The standard InChI is InChI=1S/C28H31ClN2O3/c1-4-30-28(33)25(17-22-9-6-5-7-10-22)31(18-23-11-8-12-24(29)16-23)27(32)19-34-26-14-13-20(2)15-21(26)3/h5-16,25H,4,17-19H2,1-3H3,(H,30,33)/t25-/m0/s1. The van der Waals surface area contributed by atoms with Crippen LogP contribution in [0.1, 0.15) is 29.2 Å². The molecule has 3 aromatic carbocycles. The number of likely N-dealkylation sites (N-methyl/N-ethyl adjacent to an activating group) is 1. The van der Waals surface area contributed by atoms with Gasteiger partial charge in [0.1, 0.15) is 11.8 Å². The Morgan fingerprint density at radius 2 is 1.71 bits per heavy atom. The van der Waals surface area contributed by atoms with E-state index in [4.69, 9.17) is 16.3 Å². The van der Waals surface area contributed by atoms with Crippen molar-refractivity contribution in [1.29, 1.82) is 0 Å². The van der Waals surface area contributed by atoms with Gasteiger partial charge in [0.25, 0.3) is 5.91 Å². The van der Waals surface area contributed by atoms with Crippen molar-refractivity contribution in [2.45, 2.75) is 39.8 Å². The topological polar surface area (TPSA) is 58.6 Å². The fourth-order valence-electron chi connectivity index (χ4n) is 3.86. The lowest BCUT2D eigenvalue weighted by molar-refractivity contribution is -0.142. The zero-order chi connectivity index (χ0) is 24.5. The van der Waals surface area contributed by atoms with Gasteiger partial charge in [-0.25, -0.2) is 0 Å². The first-order valence-electron chi connectivity index (χ1n) is 11.4. The Bertz CT molecular complexity index is 1120. The van der Waals surface area contributed by atoms with Gasteiger partial charge in [0, 0.05) is 24.5 Å². The molecule has 0 fully saturated rings. The van der Waals surface area contributed by atoms with Gasteiger partial charge >= 0.3 is 0 Å². The number of halogens is 1. The lowest BCUT2D eigenvalue weighted by atomic mass is 10.0. The van der Waals surface area contributed by atoms with Crippen molar-refractivity contribution < 1.29 is 14.3 Å². The van der Waals surface area contributed by atoms with Crippen LogP contribution in [0.15, 0.2) is 72.8 Å². The molecular weight excluding hydrogens is 448 g/mol. The number of amides is 2. The molecule has 3 rings (SSSR count). The predicted molar refractivity (Wildman–Crippen MR) is 136 cm³/mol. The van der Waals surface area contributed by atoms with Crippen LogP contribution in [0, 0.1) is 13.8 Å². The number of benzene rings is 3. The molecule has 0 aliphatic heterocycles. The van der Waals surface area contributed by atoms with Crippen molar-refractivity contribution in [3.63, 3.8) is 0 Å². The lowest BCUT2D eigenvalue weighted by Gasteiger charge is -2.31. The van der Waals surface area contributed by atoms with Crippen LogP contribution >= 0.6 is 11.6 Å². The van der Waals surface area contributed by atoms with Crippen LogP contribution in [0.5, 0.6) is 5.75 Å². The first kappa shape index (κ1) is 25.3. The molecule has 0 aliphatic rings. The van der Waals surface area contributed by atoms with Crippen LogP contribution < -0.4 is 10.1 Å². The summed E-state index contributed by atoms with van der Waals surface area (Å²) in [6.45, 7) is 6.37. The maximum atomic E-state index is 13.5. The van der Waals surface area contributed by atoms with Crippen LogP contribution in [-0.2, 0) is 22.6 Å². The van der Waals surface area contributed by atoms with E-state index in [1.165, 1.54) is 0 Å². The number of nitrogens with zero attached hydrogens (tertiary/aromatic N) is 1. The van der Waals surface area contributed by atoms with Crippen molar-refractivity contribution >= 4 is 23.4 Å². The minimum Gasteiger partial charge on any atom is -0.483 e. The number of carbonyl (C=O) groups is 2. The van der Waals surface area contributed by atoms with E-state index in [2.05, 4.69) is 5.32 Å². The molecule has 0 bridgehead atoms. The van der Waals surface area contributed by atoms with Crippen molar-refractivity contribution in [1.82, 2.24) is 10.2 Å². The van der Waals surface area contributed by atoms with Crippen molar-refractivity contribution in [2.24, 2.45) is 0 Å². The second kappa shape index (κ2) is 12.2. The zero-order valence-corrected chi connectivity index (χ0v) is 20.6. The molecule has 0 radical (unpaired) electrons. The van der Waals surface area contributed by atoms with Crippen LogP contribution in [0.3, 0.4) is 0 Å². The summed E-state index contributed by atoms with van der Waals surface area (Å²) >= 11 is 6.19. The smallest absolute Gasteiger partial charge is 0.261 e. The minimum absolute atomic E-state index is 0.171. The van der Waals surface area contributed by atoms with Gasteiger partial charge in [0.2, 0.25) is 5.91 Å². The van der Waals surface area contributed by atoms with E-state index in [9.17, 15) is 9.59 Å². The first-order chi connectivity index (χ1) is 16.4. The van der Waals surface area contributed by atoms with E-state index in [-0.39, 0.29) is 25.0 Å². The Morgan fingerprint density at radius 1 is 0.971 bits per heavy atom. The summed E-state index contributed by atoms with van der Waals surface area (Å²) < 4.78 is 5.89. The quantitative estimate of drug-likeness (QED) is 0.440. The Balaban J connectivity index is 1.90. The molecular formula is C28H31ClN2O3. The molecule has 0 saturated heterocycles. The molecule has 5 nitrogen and oxygen atoms in total. The molecule has 0 saturated carbocycles. The zero-order valence-electron chi connectivity index (χ0n) is 19.9. The third-order valence-corrected chi connectivity index (χ3v) is 5.78. The monoisotopic (exact) mass is 478 g/mol. The Hall–Kier alpha value is -3.31. The Kier molecular flexibility index (Phi) is 9.11. The molecule has 0 aliphatic carbocycles. The molecule has 3 aromatic rings. The maximum Gasteiger partial charge on any atom is 0.261 e. The minimum atomic E-state index is -0.698. The number of ether oxygens (including phenoxy) is 1. The molecule has 2 amide bonds. The highest BCUT2D eigenvalue weighted by molar-refractivity contribution is 6.30. The number of aryl methyl sites for hydroxylation is 2. The summed E-state index contributed by atoms with van der Waals surface area (Å²) in [5, 5.41) is 3.47. The van der Waals surface area contributed by atoms with Crippen molar-refractivity contribution in [3.8, 4) is 5.75 Å². The Morgan fingerprint density at radius 3 is 2.38 bits per heavy atom. The van der Waals surface area contributed by atoms with Crippen LogP contribution in [0.25, 0.3) is 0 Å². The van der Waals surface area contributed by atoms with Gasteiger partial charge in [0.15, 0.2) is 6.61 Å². The molecule has 0 unspecified atom stereocenters. The SMILES string of the molecule is CCNC(=O)[C@H](Cc1ccccc1)N(Cc1cccc(Cl)c1)C(=O)COc1ccc(C)cc1C. The van der Waals surface area contributed by atoms with E-state index < -0.39 is 6.04 Å². The van der Waals surface area contributed by atoms with Gasteiger partial charge < -0.3 is 15.0 Å². The van der Waals surface area contributed by atoms with Gasteiger partial charge in [0.05, 0.1) is 0 Å². The average Bonchev–Trinajstić information content (AvgIpc) is 2.81. The molecule has 0 spiro atoms. The number of carbonyl (C=O) groups excluding carboxylic acids is 2. The van der Waals surface area contributed by atoms with E-state index in [1.54, 1.807) is 11.0 Å². The molecule has 178 valence electrons. The number of hydrogen-bond donors (Lipinski definition) is 1. The summed E-state index contributed by atoms with van der Waals surface area (Å²) in [6, 6.07) is 22.2. The van der Waals surface area contributed by atoms with Gasteiger partial charge in [-0.3, -0.25) is 9.59 Å². The molecule has 1 atom stereocenters. The summed E-state index contributed by atoms with van der Waals surface area (Å²) in [5.74, 6) is 0.180. The molecule has 0 heterocycles. The van der Waals surface area contributed by atoms with Gasteiger partial charge in [-0.2, -0.15) is 0 Å². The van der Waals surface area contributed by atoms with Gasteiger partial charge in [-0.1, -0.05) is 71.8 Å². The highest BCUT2D eigenvalue weighted by Gasteiger charge is 2.30. The van der Waals surface area contributed by atoms with Crippen LogP contribution in [-0.4, -0.2) is 35.9 Å². The van der Waals surface area contributed by atoms with E-state index >= 15 is 0 Å². The fraction of sp³-hybridized carbons (Fsp3) is 0.286. The molecule has 0 aromatic heterocycles. The number of nitrogens with one attached hydrogen (secondary N) is 1. The highest BCUT2D eigenvalue weighted by Crippen LogP contribution is 2.21. The van der Waals surface area contributed by atoms with Gasteiger partial charge in [-0.05, 0) is 55.7 Å². The van der Waals surface area contributed by atoms with E-state index in [0.29, 0.717) is 23.7 Å². The second-order valence-corrected chi connectivity index (χ2v) is 8.75. The summed E-state index contributed by atoms with van der Waals surface area (Å²) in [5.41, 5.74) is 3.89. The van der Waals surface area contributed by atoms with E-state index in [0.717, 1.165) is 22.3 Å². The summed E-state index contributed by atoms with van der Waals surface area (Å²) in [4.78, 5) is 28.2. The van der Waals surface area contributed by atoms with Crippen molar-refractivity contribution in [3.05, 3.63) is 100 Å². The molecule has 1 N–H and O–H groups in total. The van der Waals surface area contributed by atoms with Gasteiger partial charge in [-0.15, -0.1) is 0 Å². The van der Waals surface area contributed by atoms with Crippen LogP contribution in [0.2, 0.25) is 5.02 Å². The normalized spacial score (nSPS) is 11.5. The lowest BCUT2D eigenvalue weighted by Crippen LogP contribution is -2.51. The number of hydrogen-bond acceptors (Lipinski definition) is 3. The van der Waals surface area contributed by atoms with E-state index in [1.807, 2.05) is 87.5 Å². The molecule has 6 heteroatoms. The number of rotatable bonds is 10. The predicted octanol–water partition coefficient (Wildman–Crippen LogP) is 5.11. The first-order valence-corrected chi connectivity index (χ1v) is 11.8. The Labute approximate surface area is 206 Å². The third-order valence-electron chi connectivity index (χ3n) is 5.55. The molecule has 34 heavy (non-hydrogen) atoms.